The molecule has 0 radical (unpaired) electrons. The van der Waals surface area contributed by atoms with Gasteiger partial charge in [-0.25, -0.2) is 13.6 Å². The van der Waals surface area contributed by atoms with Crippen molar-refractivity contribution in [2.24, 2.45) is 0 Å². The second-order valence-corrected chi connectivity index (χ2v) is 4.22. The smallest absolute Gasteiger partial charge is 0.336 e. The van der Waals surface area contributed by atoms with Crippen LogP contribution in [0.3, 0.4) is 0 Å². The van der Waals surface area contributed by atoms with Gasteiger partial charge in [0.1, 0.15) is 0 Å². The molecule has 116 valence electrons. The number of aromatic carboxylic acids is 1. The number of ether oxygens (including phenoxy) is 2. The average molecular weight is 303 g/mol. The van der Waals surface area contributed by atoms with Crippen LogP contribution in [0.2, 0.25) is 0 Å². The fourth-order valence-electron chi connectivity index (χ4n) is 1.77. The van der Waals surface area contributed by atoms with Crippen molar-refractivity contribution in [1.29, 1.82) is 0 Å². The maximum Gasteiger partial charge on any atom is 0.336 e. The Balaban J connectivity index is 3.07. The van der Waals surface area contributed by atoms with Crippen LogP contribution in [-0.2, 0) is 9.47 Å². The standard InChI is InChI=1S/C13H15F2NO5/c1-6(13(20-2)21-3)16-11(17)7-4-9(14)10(15)5-8(7)12(18)19/h4-6,13H,1-3H3,(H,16,17)(H,18,19). The first-order valence-electron chi connectivity index (χ1n) is 5.90. The van der Waals surface area contributed by atoms with Crippen LogP contribution in [0.4, 0.5) is 8.78 Å². The van der Waals surface area contributed by atoms with E-state index in [2.05, 4.69) is 5.32 Å². The van der Waals surface area contributed by atoms with Crippen LogP contribution in [0.15, 0.2) is 12.1 Å². The first kappa shape index (κ1) is 17.0. The predicted molar refractivity (Wildman–Crippen MR) is 68.1 cm³/mol. The SMILES string of the molecule is COC(OC)C(C)NC(=O)c1cc(F)c(F)cc1C(=O)O. The summed E-state index contributed by atoms with van der Waals surface area (Å²) < 4.78 is 36.1. The van der Waals surface area contributed by atoms with Gasteiger partial charge < -0.3 is 19.9 Å². The number of carbonyl (C=O) groups is 2. The normalized spacial score (nSPS) is 12.3. The molecule has 1 amide bonds. The van der Waals surface area contributed by atoms with E-state index in [-0.39, 0.29) is 0 Å². The number of hydrogen-bond donors (Lipinski definition) is 2. The van der Waals surface area contributed by atoms with Crippen LogP contribution in [0.1, 0.15) is 27.6 Å². The Morgan fingerprint density at radius 3 is 2.05 bits per heavy atom. The molecule has 1 aromatic carbocycles. The number of benzene rings is 1. The summed E-state index contributed by atoms with van der Waals surface area (Å²) in [6.07, 6.45) is -0.771. The maximum atomic E-state index is 13.2. The lowest BCUT2D eigenvalue weighted by Crippen LogP contribution is -2.43. The van der Waals surface area contributed by atoms with Crippen LogP contribution in [0.25, 0.3) is 0 Å². The lowest BCUT2D eigenvalue weighted by atomic mass is 10.1. The highest BCUT2D eigenvalue weighted by atomic mass is 19.2. The fraction of sp³-hybridized carbons (Fsp3) is 0.385. The second kappa shape index (κ2) is 7.09. The molecule has 2 N–H and O–H groups in total. The lowest BCUT2D eigenvalue weighted by molar-refractivity contribution is -0.117. The van der Waals surface area contributed by atoms with Crippen molar-refractivity contribution >= 4 is 11.9 Å². The highest BCUT2D eigenvalue weighted by molar-refractivity contribution is 6.04. The van der Waals surface area contributed by atoms with E-state index >= 15 is 0 Å². The highest BCUT2D eigenvalue weighted by Gasteiger charge is 2.24. The summed E-state index contributed by atoms with van der Waals surface area (Å²) in [7, 11) is 2.72. The quantitative estimate of drug-likeness (QED) is 0.776. The van der Waals surface area contributed by atoms with E-state index in [4.69, 9.17) is 14.6 Å². The number of carbonyl (C=O) groups excluding carboxylic acids is 1. The number of carboxylic acids is 1. The molecule has 0 fully saturated rings. The van der Waals surface area contributed by atoms with Crippen molar-refractivity contribution in [2.75, 3.05) is 14.2 Å². The van der Waals surface area contributed by atoms with Gasteiger partial charge in [0.25, 0.3) is 5.91 Å². The van der Waals surface area contributed by atoms with Gasteiger partial charge in [-0.1, -0.05) is 0 Å². The van der Waals surface area contributed by atoms with Gasteiger partial charge in [-0.05, 0) is 19.1 Å². The molecule has 1 rings (SSSR count). The highest BCUT2D eigenvalue weighted by Crippen LogP contribution is 2.16. The third-order valence-electron chi connectivity index (χ3n) is 2.77. The van der Waals surface area contributed by atoms with E-state index in [0.29, 0.717) is 12.1 Å². The molecule has 21 heavy (non-hydrogen) atoms. The van der Waals surface area contributed by atoms with Gasteiger partial charge in [0.2, 0.25) is 0 Å². The van der Waals surface area contributed by atoms with Crippen LogP contribution >= 0.6 is 0 Å². The topological polar surface area (TPSA) is 84.9 Å². The molecule has 0 spiro atoms. The molecule has 0 aliphatic heterocycles. The maximum absolute atomic E-state index is 13.2. The molecule has 8 heteroatoms. The van der Waals surface area contributed by atoms with E-state index in [1.54, 1.807) is 6.92 Å². The number of rotatable bonds is 6. The molecule has 1 unspecified atom stereocenters. The number of hydrogen-bond acceptors (Lipinski definition) is 4. The number of carboxylic acid groups (broad SMARTS) is 1. The Morgan fingerprint density at radius 2 is 1.62 bits per heavy atom. The molecule has 0 bridgehead atoms. The molecule has 0 heterocycles. The minimum absolute atomic E-state index is 0.460. The Bertz CT molecular complexity index is 546. The molecule has 0 aliphatic rings. The van der Waals surface area contributed by atoms with Crippen LogP contribution in [0.5, 0.6) is 0 Å². The summed E-state index contributed by atoms with van der Waals surface area (Å²) in [5, 5.41) is 11.3. The van der Waals surface area contributed by atoms with Crippen molar-refractivity contribution in [3.05, 3.63) is 34.9 Å². The third-order valence-corrected chi connectivity index (χ3v) is 2.77. The Morgan fingerprint density at radius 1 is 1.14 bits per heavy atom. The predicted octanol–water partition coefficient (Wildman–Crippen LogP) is 1.40. The minimum atomic E-state index is -1.54. The van der Waals surface area contributed by atoms with Crippen molar-refractivity contribution < 1.29 is 33.0 Å². The van der Waals surface area contributed by atoms with Gasteiger partial charge >= 0.3 is 5.97 Å². The summed E-state index contributed by atoms with van der Waals surface area (Å²) in [5.41, 5.74) is -1.12. The second-order valence-electron chi connectivity index (χ2n) is 4.22. The molecule has 0 aliphatic carbocycles. The van der Waals surface area contributed by atoms with Crippen LogP contribution in [0, 0.1) is 11.6 Å². The Labute approximate surface area is 119 Å². The van der Waals surface area contributed by atoms with Gasteiger partial charge in [-0.15, -0.1) is 0 Å². The zero-order chi connectivity index (χ0) is 16.2. The number of methoxy groups -OCH3 is 2. The zero-order valence-electron chi connectivity index (χ0n) is 11.6. The first-order chi connectivity index (χ1) is 9.81. The number of nitrogens with one attached hydrogen (secondary N) is 1. The molecule has 0 aromatic heterocycles. The Hall–Kier alpha value is -2.06. The van der Waals surface area contributed by atoms with Crippen molar-refractivity contribution in [3.63, 3.8) is 0 Å². The lowest BCUT2D eigenvalue weighted by Gasteiger charge is -2.22. The Kier molecular flexibility index (Phi) is 5.74. The van der Waals surface area contributed by atoms with E-state index in [1.165, 1.54) is 14.2 Å². The van der Waals surface area contributed by atoms with Gasteiger partial charge in [0, 0.05) is 14.2 Å². The molecule has 1 atom stereocenters. The monoisotopic (exact) mass is 303 g/mol. The third kappa shape index (κ3) is 3.96. The summed E-state index contributed by atoms with van der Waals surface area (Å²) in [4.78, 5) is 23.0. The number of halogens is 2. The van der Waals surface area contributed by atoms with Crippen molar-refractivity contribution in [2.45, 2.75) is 19.3 Å². The van der Waals surface area contributed by atoms with Crippen LogP contribution in [-0.4, -0.2) is 43.5 Å². The summed E-state index contributed by atoms with van der Waals surface area (Å²) in [6.45, 7) is 1.55. The van der Waals surface area contributed by atoms with Gasteiger partial charge in [0.15, 0.2) is 17.9 Å². The van der Waals surface area contributed by atoms with E-state index in [0.717, 1.165) is 0 Å². The largest absolute Gasteiger partial charge is 0.478 e. The summed E-state index contributed by atoms with van der Waals surface area (Å²) >= 11 is 0. The van der Waals surface area contributed by atoms with E-state index in [1.807, 2.05) is 0 Å². The minimum Gasteiger partial charge on any atom is -0.478 e. The van der Waals surface area contributed by atoms with E-state index in [9.17, 15) is 18.4 Å². The molecule has 6 nitrogen and oxygen atoms in total. The van der Waals surface area contributed by atoms with Crippen LogP contribution < -0.4 is 5.32 Å². The number of amides is 1. The fourth-order valence-corrected chi connectivity index (χ4v) is 1.77. The molecule has 0 saturated heterocycles. The van der Waals surface area contributed by atoms with Gasteiger partial charge in [-0.2, -0.15) is 0 Å². The molecule has 0 saturated carbocycles. The van der Waals surface area contributed by atoms with Gasteiger partial charge in [0.05, 0.1) is 17.2 Å². The first-order valence-corrected chi connectivity index (χ1v) is 5.90. The van der Waals surface area contributed by atoms with Gasteiger partial charge in [-0.3, -0.25) is 4.79 Å². The summed E-state index contributed by atoms with van der Waals surface area (Å²) in [6, 6.07) is 0.360. The van der Waals surface area contributed by atoms with Crippen molar-refractivity contribution in [1.82, 2.24) is 5.32 Å². The van der Waals surface area contributed by atoms with E-state index < -0.39 is 47.0 Å². The van der Waals surface area contributed by atoms with Crippen molar-refractivity contribution in [3.8, 4) is 0 Å². The molecular formula is C13H15F2NO5. The average Bonchev–Trinajstić information content (AvgIpc) is 2.42. The molecule has 1 aromatic rings. The zero-order valence-corrected chi connectivity index (χ0v) is 11.6. The summed E-state index contributed by atoms with van der Waals surface area (Å²) in [5.74, 6) is -5.07. The molecular weight excluding hydrogens is 288 g/mol.